The average molecular weight is 263 g/mol. The fraction of sp³-hybridized carbons (Fsp3) is 0.0833. The Hall–Kier alpha value is -1.35. The third-order valence-electron chi connectivity index (χ3n) is 2.20. The van der Waals surface area contributed by atoms with Crippen LogP contribution in [0.15, 0.2) is 53.1 Å². The Bertz CT molecular complexity index is 425. The maximum absolute atomic E-state index is 4.33. The second-order valence-corrected chi connectivity index (χ2v) is 4.14. The minimum absolute atomic E-state index is 0.935. The first kappa shape index (κ1) is 10.2. The molecule has 0 aliphatic rings. The second-order valence-electron chi connectivity index (χ2n) is 3.23. The lowest BCUT2D eigenvalue weighted by molar-refractivity contribution is 1.12. The van der Waals surface area contributed by atoms with Gasteiger partial charge in [-0.25, -0.2) is 4.98 Å². The first-order valence-corrected chi connectivity index (χ1v) is 5.47. The van der Waals surface area contributed by atoms with E-state index in [1.54, 1.807) is 6.20 Å². The number of hydrogen-bond acceptors (Lipinski definition) is 2. The molecule has 0 aliphatic carbocycles. The van der Waals surface area contributed by atoms with Crippen LogP contribution in [-0.4, -0.2) is 12.0 Å². The second kappa shape index (κ2) is 4.45. The molecule has 0 saturated heterocycles. The van der Waals surface area contributed by atoms with Crippen molar-refractivity contribution < 1.29 is 0 Å². The molecule has 0 saturated carbocycles. The van der Waals surface area contributed by atoms with Gasteiger partial charge in [-0.2, -0.15) is 0 Å². The molecule has 1 aromatic carbocycles. The fourth-order valence-corrected chi connectivity index (χ4v) is 1.58. The first-order chi connectivity index (χ1) is 7.27. The molecule has 0 atom stereocenters. The number of benzene rings is 1. The largest absolute Gasteiger partial charge is 0.329 e. The summed E-state index contributed by atoms with van der Waals surface area (Å²) in [5, 5.41) is 0. The summed E-state index contributed by atoms with van der Waals surface area (Å²) in [5.41, 5.74) is 1.13. The lowest BCUT2D eigenvalue weighted by Gasteiger charge is -2.17. The smallest absolute Gasteiger partial charge is 0.132 e. The molecule has 2 aromatic rings. The molecule has 0 radical (unpaired) electrons. The van der Waals surface area contributed by atoms with E-state index in [2.05, 4.69) is 33.0 Å². The zero-order valence-corrected chi connectivity index (χ0v) is 9.98. The van der Waals surface area contributed by atoms with E-state index < -0.39 is 0 Å². The number of aromatic nitrogens is 1. The molecule has 0 unspecified atom stereocenters. The van der Waals surface area contributed by atoms with Gasteiger partial charge in [0.05, 0.1) is 0 Å². The highest BCUT2D eigenvalue weighted by atomic mass is 79.9. The standard InChI is InChI=1S/C12H11BrN2/c1-15(11-5-3-2-4-6-11)12-8-7-10(13)9-14-12/h2-9H,1H3. The van der Waals surface area contributed by atoms with Crippen LogP contribution in [0.2, 0.25) is 0 Å². The van der Waals surface area contributed by atoms with Crippen LogP contribution < -0.4 is 4.90 Å². The molecule has 3 heteroatoms. The van der Waals surface area contributed by atoms with Gasteiger partial charge in [-0.15, -0.1) is 0 Å². The van der Waals surface area contributed by atoms with Crippen LogP contribution in [0.5, 0.6) is 0 Å². The summed E-state index contributed by atoms with van der Waals surface area (Å²) in [5.74, 6) is 0.935. The maximum Gasteiger partial charge on any atom is 0.132 e. The van der Waals surface area contributed by atoms with Gasteiger partial charge in [0.1, 0.15) is 5.82 Å². The molecule has 1 aromatic heterocycles. The Morgan fingerprint density at radius 2 is 1.80 bits per heavy atom. The molecule has 0 amide bonds. The highest BCUT2D eigenvalue weighted by Gasteiger charge is 2.03. The molecule has 1 heterocycles. The van der Waals surface area contributed by atoms with Crippen LogP contribution in [0.25, 0.3) is 0 Å². The van der Waals surface area contributed by atoms with E-state index in [0.717, 1.165) is 16.0 Å². The molecule has 0 fully saturated rings. The molecule has 2 rings (SSSR count). The van der Waals surface area contributed by atoms with Crippen LogP contribution in [-0.2, 0) is 0 Å². The third-order valence-corrected chi connectivity index (χ3v) is 2.67. The third kappa shape index (κ3) is 2.36. The lowest BCUT2D eigenvalue weighted by atomic mass is 10.3. The molecular weight excluding hydrogens is 252 g/mol. The number of anilines is 2. The molecule has 0 aliphatic heterocycles. The predicted octanol–water partition coefficient (Wildman–Crippen LogP) is 3.61. The van der Waals surface area contributed by atoms with Crippen LogP contribution in [0.1, 0.15) is 0 Å². The van der Waals surface area contributed by atoms with Crippen molar-refractivity contribution in [1.82, 2.24) is 4.98 Å². The van der Waals surface area contributed by atoms with Crippen LogP contribution in [0.4, 0.5) is 11.5 Å². The van der Waals surface area contributed by atoms with Crippen molar-refractivity contribution in [2.75, 3.05) is 11.9 Å². The highest BCUT2D eigenvalue weighted by Crippen LogP contribution is 2.21. The summed E-state index contributed by atoms with van der Waals surface area (Å²) in [6.07, 6.45) is 1.80. The molecule has 0 spiro atoms. The zero-order chi connectivity index (χ0) is 10.7. The summed E-state index contributed by atoms with van der Waals surface area (Å²) in [6.45, 7) is 0. The van der Waals surface area contributed by atoms with Crippen LogP contribution >= 0.6 is 15.9 Å². The molecule has 2 nitrogen and oxygen atoms in total. The molecule has 0 N–H and O–H groups in total. The Morgan fingerprint density at radius 1 is 1.07 bits per heavy atom. The van der Waals surface area contributed by atoms with Crippen molar-refractivity contribution in [3.05, 3.63) is 53.1 Å². The minimum Gasteiger partial charge on any atom is -0.329 e. The van der Waals surface area contributed by atoms with E-state index in [-0.39, 0.29) is 0 Å². The Balaban J connectivity index is 2.29. The summed E-state index contributed by atoms with van der Waals surface area (Å²) >= 11 is 3.37. The van der Waals surface area contributed by atoms with E-state index in [4.69, 9.17) is 0 Å². The summed E-state index contributed by atoms with van der Waals surface area (Å²) in [4.78, 5) is 6.38. The average Bonchev–Trinajstić information content (AvgIpc) is 2.30. The SMILES string of the molecule is CN(c1ccccc1)c1ccc(Br)cn1. The van der Waals surface area contributed by atoms with Gasteiger partial charge in [-0.3, -0.25) is 0 Å². The Kier molecular flexibility index (Phi) is 3.02. The zero-order valence-electron chi connectivity index (χ0n) is 8.39. The van der Waals surface area contributed by atoms with Gasteiger partial charge >= 0.3 is 0 Å². The maximum atomic E-state index is 4.33. The van der Waals surface area contributed by atoms with E-state index in [0.29, 0.717) is 0 Å². The van der Waals surface area contributed by atoms with Crippen molar-refractivity contribution >= 4 is 27.4 Å². The first-order valence-electron chi connectivity index (χ1n) is 4.68. The number of rotatable bonds is 2. The quantitative estimate of drug-likeness (QED) is 0.822. The van der Waals surface area contributed by atoms with Crippen molar-refractivity contribution in [2.24, 2.45) is 0 Å². The Morgan fingerprint density at radius 3 is 2.40 bits per heavy atom. The van der Waals surface area contributed by atoms with Crippen molar-refractivity contribution in [3.63, 3.8) is 0 Å². The normalized spacial score (nSPS) is 10.0. The number of para-hydroxylation sites is 1. The van der Waals surface area contributed by atoms with Crippen LogP contribution in [0, 0.1) is 0 Å². The van der Waals surface area contributed by atoms with Crippen molar-refractivity contribution in [3.8, 4) is 0 Å². The number of halogens is 1. The van der Waals surface area contributed by atoms with E-state index in [1.165, 1.54) is 0 Å². The molecule has 0 bridgehead atoms. The van der Waals surface area contributed by atoms with Gasteiger partial charge in [0, 0.05) is 23.4 Å². The lowest BCUT2D eigenvalue weighted by Crippen LogP contribution is -2.10. The summed E-state index contributed by atoms with van der Waals surface area (Å²) in [6, 6.07) is 14.1. The van der Waals surface area contributed by atoms with Gasteiger partial charge in [0.25, 0.3) is 0 Å². The molecular formula is C12H11BrN2. The van der Waals surface area contributed by atoms with Gasteiger partial charge in [0.15, 0.2) is 0 Å². The van der Waals surface area contributed by atoms with E-state index in [1.807, 2.05) is 42.3 Å². The van der Waals surface area contributed by atoms with Gasteiger partial charge in [-0.05, 0) is 40.2 Å². The summed E-state index contributed by atoms with van der Waals surface area (Å²) in [7, 11) is 2.01. The van der Waals surface area contributed by atoms with Gasteiger partial charge in [0.2, 0.25) is 0 Å². The number of hydrogen-bond donors (Lipinski definition) is 0. The number of nitrogens with zero attached hydrogens (tertiary/aromatic N) is 2. The van der Waals surface area contributed by atoms with Crippen molar-refractivity contribution in [2.45, 2.75) is 0 Å². The fourth-order valence-electron chi connectivity index (χ4n) is 1.35. The Labute approximate surface area is 97.7 Å². The topological polar surface area (TPSA) is 16.1 Å². The minimum atomic E-state index is 0.935. The van der Waals surface area contributed by atoms with Gasteiger partial charge < -0.3 is 4.90 Å². The summed E-state index contributed by atoms with van der Waals surface area (Å²) < 4.78 is 0.993. The van der Waals surface area contributed by atoms with Gasteiger partial charge in [-0.1, -0.05) is 18.2 Å². The molecule has 76 valence electrons. The predicted molar refractivity (Wildman–Crippen MR) is 66.4 cm³/mol. The number of pyridine rings is 1. The van der Waals surface area contributed by atoms with E-state index in [9.17, 15) is 0 Å². The van der Waals surface area contributed by atoms with E-state index >= 15 is 0 Å². The monoisotopic (exact) mass is 262 g/mol. The van der Waals surface area contributed by atoms with Crippen molar-refractivity contribution in [1.29, 1.82) is 0 Å². The molecule has 15 heavy (non-hydrogen) atoms. The van der Waals surface area contributed by atoms with Crippen LogP contribution in [0.3, 0.4) is 0 Å². The highest BCUT2D eigenvalue weighted by molar-refractivity contribution is 9.10.